The Morgan fingerprint density at radius 3 is 2.07 bits per heavy atom. The lowest BCUT2D eigenvalue weighted by Crippen LogP contribution is -2.46. The molecule has 29 heavy (non-hydrogen) atoms. The van der Waals surface area contributed by atoms with Crippen molar-refractivity contribution in [1.82, 2.24) is 9.13 Å². The number of benzene rings is 1. The molecule has 0 spiro atoms. The fourth-order valence-electron chi connectivity index (χ4n) is 3.19. The van der Waals surface area contributed by atoms with Gasteiger partial charge < -0.3 is 0 Å². The number of aryl methyl sites for hydroxylation is 1. The van der Waals surface area contributed by atoms with Gasteiger partial charge >= 0.3 is 5.69 Å². The molecular formula is C21H27N3O4S. The van der Waals surface area contributed by atoms with Gasteiger partial charge in [0.25, 0.3) is 15.6 Å². The van der Waals surface area contributed by atoms with Gasteiger partial charge in [0.05, 0.1) is 17.1 Å². The quantitative estimate of drug-likeness (QED) is 0.587. The van der Waals surface area contributed by atoms with Crippen LogP contribution in [0.1, 0.15) is 25.1 Å². The smallest absolute Gasteiger partial charge is 0.295 e. The molecule has 0 atom stereocenters. The first-order valence-corrected chi connectivity index (χ1v) is 10.9. The zero-order chi connectivity index (χ0) is 21.8. The highest BCUT2D eigenvalue weighted by atomic mass is 32.2. The van der Waals surface area contributed by atoms with Gasteiger partial charge in [-0.05, 0) is 32.9 Å². The number of nitrogens with zero attached hydrogens (tertiary/aromatic N) is 3. The molecule has 8 heteroatoms. The average Bonchev–Trinajstić information content (AvgIpc) is 2.68. The molecule has 0 aliphatic rings. The van der Waals surface area contributed by atoms with Gasteiger partial charge in [0.1, 0.15) is 5.69 Å². The molecule has 0 aliphatic heterocycles. The second kappa shape index (κ2) is 9.09. The number of aromatic nitrogens is 2. The summed E-state index contributed by atoms with van der Waals surface area (Å²) < 4.78 is 30.4. The van der Waals surface area contributed by atoms with E-state index in [4.69, 9.17) is 0 Å². The van der Waals surface area contributed by atoms with Crippen molar-refractivity contribution >= 4 is 15.7 Å². The maximum Gasteiger partial charge on any atom is 0.331 e. The fourth-order valence-corrected chi connectivity index (χ4v) is 4.65. The SMILES string of the molecule is C=CCc1c(N(CC=C)S(=O)(=O)c2ccc(C)cc2)c(=O)n(CC)c(=O)n1CC. The van der Waals surface area contributed by atoms with E-state index in [9.17, 15) is 18.0 Å². The number of allylic oxidation sites excluding steroid dienone is 1. The summed E-state index contributed by atoms with van der Waals surface area (Å²) >= 11 is 0. The topological polar surface area (TPSA) is 81.4 Å². The van der Waals surface area contributed by atoms with Crippen molar-refractivity contribution in [3.8, 4) is 0 Å². The molecule has 156 valence electrons. The first-order valence-electron chi connectivity index (χ1n) is 9.42. The third-order valence-corrected chi connectivity index (χ3v) is 6.41. The van der Waals surface area contributed by atoms with E-state index in [0.29, 0.717) is 12.2 Å². The van der Waals surface area contributed by atoms with Crippen molar-refractivity contribution in [1.29, 1.82) is 0 Å². The highest BCUT2D eigenvalue weighted by Crippen LogP contribution is 2.25. The summed E-state index contributed by atoms with van der Waals surface area (Å²) in [5.74, 6) is 0. The number of hydrogen-bond donors (Lipinski definition) is 0. The van der Waals surface area contributed by atoms with E-state index in [0.717, 1.165) is 14.4 Å². The molecule has 0 radical (unpaired) electrons. The Kier molecular flexibility index (Phi) is 7.02. The Labute approximate surface area is 171 Å². The van der Waals surface area contributed by atoms with Crippen LogP contribution in [-0.4, -0.2) is 24.1 Å². The minimum atomic E-state index is -4.06. The van der Waals surface area contributed by atoms with Crippen LogP contribution < -0.4 is 15.6 Å². The molecule has 1 heterocycles. The minimum absolute atomic E-state index is 0.0475. The van der Waals surface area contributed by atoms with Crippen LogP contribution in [-0.2, 0) is 29.5 Å². The van der Waals surface area contributed by atoms with Gasteiger partial charge in [0, 0.05) is 19.5 Å². The van der Waals surface area contributed by atoms with Gasteiger partial charge in [-0.3, -0.25) is 18.2 Å². The van der Waals surface area contributed by atoms with E-state index in [1.54, 1.807) is 32.1 Å². The summed E-state index contributed by atoms with van der Waals surface area (Å²) in [4.78, 5) is 26.0. The normalized spacial score (nSPS) is 11.3. The Bertz CT molecular complexity index is 1130. The fraction of sp³-hybridized carbons (Fsp3) is 0.333. The number of hydrogen-bond acceptors (Lipinski definition) is 4. The molecule has 7 nitrogen and oxygen atoms in total. The molecule has 2 aromatic rings. The molecule has 0 N–H and O–H groups in total. The molecule has 0 unspecified atom stereocenters. The van der Waals surface area contributed by atoms with Gasteiger partial charge in [-0.1, -0.05) is 29.8 Å². The number of sulfonamides is 1. The van der Waals surface area contributed by atoms with Crippen LogP contribution >= 0.6 is 0 Å². The predicted octanol–water partition coefficient (Wildman–Crippen LogP) is 2.47. The minimum Gasteiger partial charge on any atom is -0.295 e. The maximum absolute atomic E-state index is 13.4. The highest BCUT2D eigenvalue weighted by Gasteiger charge is 2.30. The van der Waals surface area contributed by atoms with Gasteiger partial charge in [-0.2, -0.15) is 0 Å². The van der Waals surface area contributed by atoms with E-state index >= 15 is 0 Å². The Balaban J connectivity index is 2.93. The number of rotatable bonds is 9. The molecule has 0 fully saturated rings. The Morgan fingerprint density at radius 1 is 1.00 bits per heavy atom. The zero-order valence-electron chi connectivity index (χ0n) is 17.1. The largest absolute Gasteiger partial charge is 0.331 e. The summed E-state index contributed by atoms with van der Waals surface area (Å²) in [7, 11) is -4.06. The van der Waals surface area contributed by atoms with E-state index in [-0.39, 0.29) is 30.1 Å². The van der Waals surface area contributed by atoms with Gasteiger partial charge in [0.2, 0.25) is 0 Å². The van der Waals surface area contributed by atoms with Crippen LogP contribution in [0.15, 0.2) is 64.1 Å². The number of anilines is 1. The van der Waals surface area contributed by atoms with Crippen LogP contribution in [0.4, 0.5) is 5.69 Å². The summed E-state index contributed by atoms with van der Waals surface area (Å²) in [5, 5.41) is 0. The summed E-state index contributed by atoms with van der Waals surface area (Å²) in [6.45, 7) is 13.0. The standard InChI is InChI=1S/C21H27N3O4S/c1-6-10-18-19(20(25)23(9-4)21(26)22(18)8-3)24(15-7-2)29(27,28)17-13-11-16(5)12-14-17/h6-7,11-14H,1-2,8-10,15H2,3-5H3. The molecule has 0 saturated heterocycles. The van der Waals surface area contributed by atoms with Crippen molar-refractivity contribution in [2.45, 2.75) is 45.2 Å². The molecular weight excluding hydrogens is 390 g/mol. The summed E-state index contributed by atoms with van der Waals surface area (Å²) in [6, 6.07) is 6.39. The first kappa shape index (κ1) is 22.4. The molecule has 0 amide bonds. The Hall–Kier alpha value is -2.87. The lowest BCUT2D eigenvalue weighted by atomic mass is 10.2. The molecule has 0 aliphatic carbocycles. The summed E-state index contributed by atoms with van der Waals surface area (Å²) in [5.41, 5.74) is 0.0799. The van der Waals surface area contributed by atoms with Gasteiger partial charge in [0.15, 0.2) is 0 Å². The average molecular weight is 418 g/mol. The molecule has 0 bridgehead atoms. The van der Waals surface area contributed by atoms with E-state index in [2.05, 4.69) is 13.2 Å². The van der Waals surface area contributed by atoms with Gasteiger partial charge in [-0.15, -0.1) is 13.2 Å². The lowest BCUT2D eigenvalue weighted by Gasteiger charge is -2.27. The van der Waals surface area contributed by atoms with Crippen LogP contribution in [0.3, 0.4) is 0 Å². The third kappa shape index (κ3) is 4.12. The van der Waals surface area contributed by atoms with E-state index < -0.39 is 21.3 Å². The Morgan fingerprint density at radius 2 is 1.59 bits per heavy atom. The molecule has 0 saturated carbocycles. The zero-order valence-corrected chi connectivity index (χ0v) is 17.9. The van der Waals surface area contributed by atoms with Gasteiger partial charge in [-0.25, -0.2) is 13.2 Å². The molecule has 1 aromatic carbocycles. The second-order valence-electron chi connectivity index (χ2n) is 6.50. The van der Waals surface area contributed by atoms with Crippen LogP contribution in [0.2, 0.25) is 0 Å². The van der Waals surface area contributed by atoms with Crippen molar-refractivity contribution in [3.63, 3.8) is 0 Å². The highest BCUT2D eigenvalue weighted by molar-refractivity contribution is 7.92. The van der Waals surface area contributed by atoms with E-state index in [1.807, 2.05) is 6.92 Å². The van der Waals surface area contributed by atoms with Crippen molar-refractivity contribution in [2.75, 3.05) is 10.8 Å². The third-order valence-electron chi connectivity index (χ3n) is 4.63. The lowest BCUT2D eigenvalue weighted by molar-refractivity contribution is 0.565. The maximum atomic E-state index is 13.4. The van der Waals surface area contributed by atoms with Crippen LogP contribution in [0.25, 0.3) is 0 Å². The predicted molar refractivity (Wildman–Crippen MR) is 116 cm³/mol. The van der Waals surface area contributed by atoms with Crippen LogP contribution in [0.5, 0.6) is 0 Å². The van der Waals surface area contributed by atoms with Crippen molar-refractivity contribution in [2.24, 2.45) is 0 Å². The summed E-state index contributed by atoms with van der Waals surface area (Å²) in [6.07, 6.45) is 3.14. The van der Waals surface area contributed by atoms with Crippen molar-refractivity contribution in [3.05, 3.63) is 81.7 Å². The molecule has 2 rings (SSSR count). The van der Waals surface area contributed by atoms with Crippen molar-refractivity contribution < 1.29 is 8.42 Å². The first-order chi connectivity index (χ1) is 13.7. The van der Waals surface area contributed by atoms with Crippen LogP contribution in [0, 0.1) is 6.92 Å². The van der Waals surface area contributed by atoms with E-state index in [1.165, 1.54) is 22.8 Å². The molecule has 1 aromatic heterocycles. The monoisotopic (exact) mass is 417 g/mol. The second-order valence-corrected chi connectivity index (χ2v) is 8.36.